The molecule has 4 nitrogen and oxygen atoms in total. The van der Waals surface area contributed by atoms with E-state index in [1.807, 2.05) is 13.8 Å². The summed E-state index contributed by atoms with van der Waals surface area (Å²) in [4.78, 5) is 25.7. The third-order valence-corrected chi connectivity index (χ3v) is 3.41. The minimum atomic E-state index is -0.154. The van der Waals surface area contributed by atoms with Crippen molar-refractivity contribution in [3.63, 3.8) is 0 Å². The lowest BCUT2D eigenvalue weighted by atomic mass is 10.2. The fourth-order valence-corrected chi connectivity index (χ4v) is 2.13. The SMILES string of the molecule is C=C(C)CN(CC)C(=O)CCCNC(=O)c1ccc(Cl)cc1. The van der Waals surface area contributed by atoms with E-state index in [1.165, 1.54) is 0 Å². The van der Waals surface area contributed by atoms with Gasteiger partial charge >= 0.3 is 0 Å². The second-order valence-electron chi connectivity index (χ2n) is 5.23. The van der Waals surface area contributed by atoms with Crippen molar-refractivity contribution in [3.8, 4) is 0 Å². The van der Waals surface area contributed by atoms with Crippen LogP contribution in [0.1, 0.15) is 37.0 Å². The number of likely N-dealkylation sites (N-methyl/N-ethyl adjacent to an activating group) is 1. The van der Waals surface area contributed by atoms with Crippen LogP contribution in [-0.4, -0.2) is 36.3 Å². The Labute approximate surface area is 137 Å². The molecule has 0 aliphatic heterocycles. The molecule has 0 spiro atoms. The van der Waals surface area contributed by atoms with Gasteiger partial charge in [-0.25, -0.2) is 0 Å². The standard InChI is InChI=1S/C17H23ClN2O2/c1-4-20(12-13(2)3)16(21)6-5-11-19-17(22)14-7-9-15(18)10-8-14/h7-10H,2,4-6,11-12H2,1,3H3,(H,19,22). The predicted molar refractivity (Wildman–Crippen MR) is 90.1 cm³/mol. The molecular formula is C17H23ClN2O2. The average Bonchev–Trinajstić information content (AvgIpc) is 2.49. The number of hydrogen-bond acceptors (Lipinski definition) is 2. The zero-order valence-corrected chi connectivity index (χ0v) is 13.9. The monoisotopic (exact) mass is 322 g/mol. The van der Waals surface area contributed by atoms with Crippen LogP contribution in [0.3, 0.4) is 0 Å². The molecule has 2 amide bonds. The van der Waals surface area contributed by atoms with Gasteiger partial charge in [0.25, 0.3) is 5.91 Å². The van der Waals surface area contributed by atoms with Crippen molar-refractivity contribution >= 4 is 23.4 Å². The lowest BCUT2D eigenvalue weighted by Gasteiger charge is -2.20. The second kappa shape index (κ2) is 9.26. The highest BCUT2D eigenvalue weighted by Gasteiger charge is 2.11. The predicted octanol–water partition coefficient (Wildman–Crippen LogP) is 3.27. The van der Waals surface area contributed by atoms with E-state index in [0.29, 0.717) is 43.1 Å². The van der Waals surface area contributed by atoms with Gasteiger partial charge in [-0.15, -0.1) is 0 Å². The molecule has 0 heterocycles. The molecular weight excluding hydrogens is 300 g/mol. The molecule has 0 fully saturated rings. The van der Waals surface area contributed by atoms with Gasteiger partial charge in [-0.3, -0.25) is 9.59 Å². The van der Waals surface area contributed by atoms with Crippen LogP contribution in [0.15, 0.2) is 36.4 Å². The fraction of sp³-hybridized carbons (Fsp3) is 0.412. The number of hydrogen-bond donors (Lipinski definition) is 1. The first kappa shape index (κ1) is 18.2. The molecule has 120 valence electrons. The number of amides is 2. The molecule has 1 rings (SSSR count). The topological polar surface area (TPSA) is 49.4 Å². The number of nitrogens with one attached hydrogen (secondary N) is 1. The number of nitrogens with zero attached hydrogens (tertiary/aromatic N) is 1. The van der Waals surface area contributed by atoms with Crippen LogP contribution in [-0.2, 0) is 4.79 Å². The highest BCUT2D eigenvalue weighted by Crippen LogP contribution is 2.09. The smallest absolute Gasteiger partial charge is 0.251 e. The van der Waals surface area contributed by atoms with Crippen molar-refractivity contribution in [1.29, 1.82) is 0 Å². The maximum Gasteiger partial charge on any atom is 0.251 e. The number of halogens is 1. The summed E-state index contributed by atoms with van der Waals surface area (Å²) < 4.78 is 0. The van der Waals surface area contributed by atoms with Crippen LogP contribution in [0.25, 0.3) is 0 Å². The van der Waals surface area contributed by atoms with Gasteiger partial charge in [0.2, 0.25) is 5.91 Å². The van der Waals surface area contributed by atoms with Gasteiger partial charge in [-0.2, -0.15) is 0 Å². The van der Waals surface area contributed by atoms with Crippen molar-refractivity contribution in [1.82, 2.24) is 10.2 Å². The Balaban J connectivity index is 2.32. The largest absolute Gasteiger partial charge is 0.352 e. The van der Waals surface area contributed by atoms with E-state index in [4.69, 9.17) is 11.6 Å². The van der Waals surface area contributed by atoms with Crippen molar-refractivity contribution in [2.45, 2.75) is 26.7 Å². The van der Waals surface area contributed by atoms with E-state index in [9.17, 15) is 9.59 Å². The minimum Gasteiger partial charge on any atom is -0.352 e. The highest BCUT2D eigenvalue weighted by atomic mass is 35.5. The number of rotatable bonds is 8. The quantitative estimate of drug-likeness (QED) is 0.590. The molecule has 0 bridgehead atoms. The molecule has 0 atom stereocenters. The van der Waals surface area contributed by atoms with Gasteiger partial charge in [-0.05, 0) is 44.5 Å². The van der Waals surface area contributed by atoms with Crippen LogP contribution in [0.2, 0.25) is 5.02 Å². The lowest BCUT2D eigenvalue weighted by Crippen LogP contribution is -2.33. The summed E-state index contributed by atoms with van der Waals surface area (Å²) in [5.41, 5.74) is 1.53. The third-order valence-electron chi connectivity index (χ3n) is 3.15. The van der Waals surface area contributed by atoms with Crippen molar-refractivity contribution in [2.75, 3.05) is 19.6 Å². The fourth-order valence-electron chi connectivity index (χ4n) is 2.01. The molecule has 1 aromatic rings. The van der Waals surface area contributed by atoms with Crippen LogP contribution in [0, 0.1) is 0 Å². The Hall–Kier alpha value is -1.81. The first-order valence-electron chi connectivity index (χ1n) is 7.40. The molecule has 5 heteroatoms. The highest BCUT2D eigenvalue weighted by molar-refractivity contribution is 6.30. The van der Waals surface area contributed by atoms with Gasteiger partial charge in [-0.1, -0.05) is 23.8 Å². The normalized spacial score (nSPS) is 10.1. The molecule has 0 saturated heterocycles. The molecule has 1 N–H and O–H groups in total. The van der Waals surface area contributed by atoms with E-state index in [1.54, 1.807) is 29.2 Å². The van der Waals surface area contributed by atoms with E-state index >= 15 is 0 Å². The van der Waals surface area contributed by atoms with Crippen LogP contribution >= 0.6 is 11.6 Å². The maximum atomic E-state index is 12.0. The molecule has 1 aromatic carbocycles. The van der Waals surface area contributed by atoms with Crippen LogP contribution in [0.4, 0.5) is 0 Å². The summed E-state index contributed by atoms with van der Waals surface area (Å²) in [6.07, 6.45) is 1.03. The Morgan fingerprint density at radius 1 is 1.27 bits per heavy atom. The molecule has 0 aliphatic rings. The van der Waals surface area contributed by atoms with Gasteiger partial charge in [0.15, 0.2) is 0 Å². The Kier molecular flexibility index (Phi) is 7.67. The summed E-state index contributed by atoms with van der Waals surface area (Å²) in [7, 11) is 0. The summed E-state index contributed by atoms with van der Waals surface area (Å²) in [5.74, 6) is -0.0651. The molecule has 22 heavy (non-hydrogen) atoms. The second-order valence-corrected chi connectivity index (χ2v) is 5.67. The van der Waals surface area contributed by atoms with Gasteiger partial charge in [0.1, 0.15) is 0 Å². The van der Waals surface area contributed by atoms with E-state index in [-0.39, 0.29) is 11.8 Å². The summed E-state index contributed by atoms with van der Waals surface area (Å²) in [5, 5.41) is 3.40. The molecule has 0 saturated carbocycles. The third kappa shape index (κ3) is 6.31. The zero-order chi connectivity index (χ0) is 16.5. The van der Waals surface area contributed by atoms with E-state index < -0.39 is 0 Å². The van der Waals surface area contributed by atoms with E-state index in [0.717, 1.165) is 5.57 Å². The molecule has 0 aliphatic carbocycles. The Bertz CT molecular complexity index is 526. The van der Waals surface area contributed by atoms with Crippen LogP contribution < -0.4 is 5.32 Å². The zero-order valence-electron chi connectivity index (χ0n) is 13.2. The lowest BCUT2D eigenvalue weighted by molar-refractivity contribution is -0.130. The van der Waals surface area contributed by atoms with Gasteiger partial charge < -0.3 is 10.2 Å². The Morgan fingerprint density at radius 3 is 2.45 bits per heavy atom. The first-order chi connectivity index (χ1) is 10.4. The molecule has 0 unspecified atom stereocenters. The average molecular weight is 323 g/mol. The summed E-state index contributed by atoms with van der Waals surface area (Å²) in [6.45, 7) is 9.41. The van der Waals surface area contributed by atoms with Gasteiger partial charge in [0, 0.05) is 36.6 Å². The van der Waals surface area contributed by atoms with Crippen molar-refractivity contribution in [3.05, 3.63) is 47.0 Å². The number of benzene rings is 1. The van der Waals surface area contributed by atoms with Crippen LogP contribution in [0.5, 0.6) is 0 Å². The number of carbonyl (C=O) groups excluding carboxylic acids is 2. The summed E-state index contributed by atoms with van der Waals surface area (Å²) in [6, 6.07) is 6.70. The van der Waals surface area contributed by atoms with Crippen molar-refractivity contribution < 1.29 is 9.59 Å². The number of carbonyl (C=O) groups is 2. The molecule has 0 aromatic heterocycles. The van der Waals surface area contributed by atoms with Crippen molar-refractivity contribution in [2.24, 2.45) is 0 Å². The maximum absolute atomic E-state index is 12.0. The Morgan fingerprint density at radius 2 is 1.91 bits per heavy atom. The minimum absolute atomic E-state index is 0.0891. The van der Waals surface area contributed by atoms with Gasteiger partial charge in [0.05, 0.1) is 0 Å². The first-order valence-corrected chi connectivity index (χ1v) is 7.77. The molecule has 0 radical (unpaired) electrons. The van der Waals surface area contributed by atoms with E-state index in [2.05, 4.69) is 11.9 Å². The summed E-state index contributed by atoms with van der Waals surface area (Å²) >= 11 is 5.78.